The molecule has 0 fully saturated rings. The molecule has 3 aromatic rings. The maximum absolute atomic E-state index is 12.3. The average molecular weight is 479 g/mol. The minimum atomic E-state index is -3.47. The lowest BCUT2D eigenvalue weighted by molar-refractivity contribution is -0.116. The topological polar surface area (TPSA) is 92.3 Å². The molecule has 0 aliphatic carbocycles. The maximum Gasteiger partial charge on any atom is 0.232 e. The molecular weight excluding hydrogens is 456 g/mol. The summed E-state index contributed by atoms with van der Waals surface area (Å²) < 4.78 is 26.0. The van der Waals surface area contributed by atoms with Crippen LogP contribution in [0.3, 0.4) is 0 Å². The molecule has 0 unspecified atom stereocenters. The quantitative estimate of drug-likeness (QED) is 0.508. The fourth-order valence-corrected chi connectivity index (χ4v) is 4.93. The van der Waals surface area contributed by atoms with E-state index in [4.69, 9.17) is 11.6 Å². The molecule has 1 amide bonds. The number of hydrogen-bond acceptors (Lipinski definition) is 6. The highest BCUT2D eigenvalue weighted by Gasteiger charge is 2.20. The molecule has 164 valence electrons. The van der Waals surface area contributed by atoms with Gasteiger partial charge in [0.05, 0.1) is 11.9 Å². The van der Waals surface area contributed by atoms with E-state index in [0.29, 0.717) is 27.3 Å². The minimum absolute atomic E-state index is 0.159. The van der Waals surface area contributed by atoms with Gasteiger partial charge in [-0.1, -0.05) is 47.2 Å². The molecular formula is C21H23ClN4O3S2. The summed E-state index contributed by atoms with van der Waals surface area (Å²) in [5.41, 5.74) is 3.41. The molecule has 0 atom stereocenters. The number of nitrogens with zero attached hydrogens (tertiary/aromatic N) is 3. The molecule has 0 saturated heterocycles. The SMILES string of the molecule is Cc1cccc(N(CCCC(=O)Nc2nnc(-c3ccc(Cl)cc3)s2)S(C)(=O)=O)c1C. The number of rotatable bonds is 8. The highest BCUT2D eigenvalue weighted by Crippen LogP contribution is 2.28. The van der Waals surface area contributed by atoms with E-state index in [1.54, 1.807) is 18.2 Å². The number of anilines is 2. The van der Waals surface area contributed by atoms with Crippen molar-refractivity contribution in [2.45, 2.75) is 26.7 Å². The van der Waals surface area contributed by atoms with Crippen LogP contribution in [0.4, 0.5) is 10.8 Å². The number of carbonyl (C=O) groups excluding carboxylic acids is 1. The third-order valence-corrected chi connectivity index (χ3v) is 7.09. The van der Waals surface area contributed by atoms with Crippen LogP contribution < -0.4 is 9.62 Å². The zero-order chi connectivity index (χ0) is 22.6. The molecule has 0 spiro atoms. The van der Waals surface area contributed by atoms with Crippen molar-refractivity contribution in [2.75, 3.05) is 22.4 Å². The van der Waals surface area contributed by atoms with Gasteiger partial charge in [0.25, 0.3) is 0 Å². The van der Waals surface area contributed by atoms with Crippen LogP contribution in [0.15, 0.2) is 42.5 Å². The van der Waals surface area contributed by atoms with Crippen molar-refractivity contribution >= 4 is 49.7 Å². The van der Waals surface area contributed by atoms with Crippen LogP contribution in [0.25, 0.3) is 10.6 Å². The number of aromatic nitrogens is 2. The van der Waals surface area contributed by atoms with Crippen LogP contribution in [0.1, 0.15) is 24.0 Å². The summed E-state index contributed by atoms with van der Waals surface area (Å²) >= 11 is 7.16. The number of aryl methyl sites for hydroxylation is 1. The zero-order valence-electron chi connectivity index (χ0n) is 17.4. The Labute approximate surface area is 191 Å². The van der Waals surface area contributed by atoms with E-state index in [2.05, 4.69) is 15.5 Å². The first-order valence-corrected chi connectivity index (χ1v) is 12.6. The minimum Gasteiger partial charge on any atom is -0.301 e. The molecule has 1 heterocycles. The predicted molar refractivity (Wildman–Crippen MR) is 126 cm³/mol. The van der Waals surface area contributed by atoms with Gasteiger partial charge in [0.2, 0.25) is 21.1 Å². The van der Waals surface area contributed by atoms with Crippen molar-refractivity contribution in [1.29, 1.82) is 0 Å². The summed E-state index contributed by atoms with van der Waals surface area (Å²) in [6.07, 6.45) is 1.70. The van der Waals surface area contributed by atoms with Gasteiger partial charge in [0, 0.05) is 23.6 Å². The second kappa shape index (κ2) is 9.76. The lowest BCUT2D eigenvalue weighted by Gasteiger charge is -2.24. The summed E-state index contributed by atoms with van der Waals surface area (Å²) in [5, 5.41) is 12.5. The van der Waals surface area contributed by atoms with E-state index in [-0.39, 0.29) is 18.9 Å². The first-order chi connectivity index (χ1) is 14.6. The predicted octanol–water partition coefficient (Wildman–Crippen LogP) is 4.66. The molecule has 0 radical (unpaired) electrons. The highest BCUT2D eigenvalue weighted by molar-refractivity contribution is 7.92. The summed E-state index contributed by atoms with van der Waals surface area (Å²) in [6, 6.07) is 12.7. The van der Waals surface area contributed by atoms with Crippen LogP contribution >= 0.6 is 22.9 Å². The summed E-state index contributed by atoms with van der Waals surface area (Å²) in [7, 11) is -3.47. The third-order valence-electron chi connectivity index (χ3n) is 4.77. The van der Waals surface area contributed by atoms with Gasteiger partial charge in [-0.3, -0.25) is 9.10 Å². The zero-order valence-corrected chi connectivity index (χ0v) is 19.8. The number of hydrogen-bond donors (Lipinski definition) is 1. The fourth-order valence-electron chi connectivity index (χ4n) is 3.02. The number of sulfonamides is 1. The summed E-state index contributed by atoms with van der Waals surface area (Å²) in [4.78, 5) is 12.3. The summed E-state index contributed by atoms with van der Waals surface area (Å²) in [6.45, 7) is 4.04. The fraction of sp³-hybridized carbons (Fsp3) is 0.286. The molecule has 1 N–H and O–H groups in total. The van der Waals surface area contributed by atoms with Crippen molar-refractivity contribution in [1.82, 2.24) is 10.2 Å². The van der Waals surface area contributed by atoms with Crippen LogP contribution in [0.5, 0.6) is 0 Å². The van der Waals surface area contributed by atoms with Crippen molar-refractivity contribution in [3.63, 3.8) is 0 Å². The molecule has 0 saturated carbocycles. The van der Waals surface area contributed by atoms with Gasteiger partial charge >= 0.3 is 0 Å². The average Bonchev–Trinajstić information content (AvgIpc) is 3.16. The van der Waals surface area contributed by atoms with Gasteiger partial charge in [-0.25, -0.2) is 8.42 Å². The lowest BCUT2D eigenvalue weighted by atomic mass is 10.1. The molecule has 1 aromatic heterocycles. The Morgan fingerprint density at radius 3 is 2.52 bits per heavy atom. The molecule has 0 aliphatic rings. The van der Waals surface area contributed by atoms with E-state index in [0.717, 1.165) is 16.7 Å². The van der Waals surface area contributed by atoms with E-state index >= 15 is 0 Å². The van der Waals surface area contributed by atoms with Crippen LogP contribution in [-0.4, -0.2) is 37.3 Å². The van der Waals surface area contributed by atoms with Crippen LogP contribution in [0, 0.1) is 13.8 Å². The second-order valence-electron chi connectivity index (χ2n) is 7.13. The van der Waals surface area contributed by atoms with Gasteiger partial charge in [-0.15, -0.1) is 10.2 Å². The van der Waals surface area contributed by atoms with Gasteiger partial charge in [-0.05, 0) is 49.6 Å². The first-order valence-electron chi connectivity index (χ1n) is 9.58. The Kier molecular flexibility index (Phi) is 7.30. The Bertz CT molecular complexity index is 1180. The van der Waals surface area contributed by atoms with Gasteiger partial charge in [0.15, 0.2) is 0 Å². The molecule has 2 aromatic carbocycles. The monoisotopic (exact) mass is 478 g/mol. The van der Waals surface area contributed by atoms with Gasteiger partial charge in [0.1, 0.15) is 5.01 Å². The van der Waals surface area contributed by atoms with Crippen molar-refractivity contribution in [3.8, 4) is 10.6 Å². The maximum atomic E-state index is 12.3. The molecule has 31 heavy (non-hydrogen) atoms. The lowest BCUT2D eigenvalue weighted by Crippen LogP contribution is -2.32. The Hall–Kier alpha value is -2.49. The van der Waals surface area contributed by atoms with Crippen LogP contribution in [0.2, 0.25) is 5.02 Å². The van der Waals surface area contributed by atoms with Gasteiger partial charge in [-0.2, -0.15) is 0 Å². The number of amides is 1. The normalized spacial score (nSPS) is 11.4. The van der Waals surface area contributed by atoms with Crippen molar-refractivity contribution in [2.24, 2.45) is 0 Å². The first kappa shape index (κ1) is 23.2. The molecule has 7 nitrogen and oxygen atoms in total. The van der Waals surface area contributed by atoms with Crippen molar-refractivity contribution < 1.29 is 13.2 Å². The number of carbonyl (C=O) groups is 1. The molecule has 0 bridgehead atoms. The van der Waals surface area contributed by atoms with Crippen molar-refractivity contribution in [3.05, 3.63) is 58.6 Å². The van der Waals surface area contributed by atoms with E-state index in [1.165, 1.54) is 21.9 Å². The van der Waals surface area contributed by atoms with E-state index in [1.807, 2.05) is 38.1 Å². The number of benzene rings is 2. The van der Waals surface area contributed by atoms with Gasteiger partial charge < -0.3 is 5.32 Å². The third kappa shape index (κ3) is 6.03. The Morgan fingerprint density at radius 1 is 1.13 bits per heavy atom. The standard InChI is InChI=1S/C21H23ClN4O3S2/c1-14-6-4-7-18(15(14)2)26(31(3,28)29)13-5-8-19(27)23-21-25-24-20(30-21)16-9-11-17(22)12-10-16/h4,6-7,9-12H,5,8,13H2,1-3H3,(H,23,25,27). The molecule has 3 rings (SSSR count). The largest absolute Gasteiger partial charge is 0.301 e. The number of halogens is 1. The summed E-state index contributed by atoms with van der Waals surface area (Å²) in [5.74, 6) is -0.242. The van der Waals surface area contributed by atoms with E-state index < -0.39 is 10.0 Å². The number of nitrogens with one attached hydrogen (secondary N) is 1. The molecule has 10 heteroatoms. The Balaban J connectivity index is 1.60. The second-order valence-corrected chi connectivity index (χ2v) is 10.4. The van der Waals surface area contributed by atoms with Crippen LogP contribution in [-0.2, 0) is 14.8 Å². The Morgan fingerprint density at radius 2 is 1.84 bits per heavy atom. The highest BCUT2D eigenvalue weighted by atomic mass is 35.5. The molecule has 0 aliphatic heterocycles. The van der Waals surface area contributed by atoms with E-state index in [9.17, 15) is 13.2 Å². The smallest absolute Gasteiger partial charge is 0.232 e.